The number of morpholine rings is 1. The van der Waals surface area contributed by atoms with Gasteiger partial charge in [0.1, 0.15) is 0 Å². The minimum Gasteiger partial charge on any atom is -0.423 e. The Hall–Kier alpha value is -1.18. The van der Waals surface area contributed by atoms with Crippen LogP contribution in [0.1, 0.15) is 11.0 Å². The van der Waals surface area contributed by atoms with Crippen LogP contribution < -0.4 is 10.4 Å². The Bertz CT molecular complexity index is 573. The van der Waals surface area contributed by atoms with Crippen molar-refractivity contribution in [3.05, 3.63) is 12.4 Å². The molecule has 0 radical (unpaired) electrons. The lowest BCUT2D eigenvalue weighted by atomic mass is 9.83. The molecule has 0 atom stereocenters. The topological polar surface area (TPSA) is 78.7 Å². The van der Waals surface area contributed by atoms with Gasteiger partial charge < -0.3 is 19.7 Å². The third-order valence-corrected chi connectivity index (χ3v) is 1.57. The van der Waals surface area contributed by atoms with E-state index in [1.807, 2.05) is 0 Å². The van der Waals surface area contributed by atoms with Gasteiger partial charge in [-0.1, -0.05) is 0 Å². The van der Waals surface area contributed by atoms with Gasteiger partial charge in [-0.05, 0) is 0 Å². The summed E-state index contributed by atoms with van der Waals surface area (Å²) in [7, 11) is -1.90. The van der Waals surface area contributed by atoms with Crippen molar-refractivity contribution in [3.8, 4) is 0 Å². The van der Waals surface area contributed by atoms with Crippen molar-refractivity contribution < 1.29 is 25.8 Å². The van der Waals surface area contributed by atoms with Crippen LogP contribution in [0.25, 0.3) is 0 Å². The highest BCUT2D eigenvalue weighted by Crippen LogP contribution is 2.06. The maximum absolute atomic E-state index is 8.97. The first-order valence-corrected chi connectivity index (χ1v) is 3.93. The average Bonchev–Trinajstić information content (AvgIpc) is 2.36. The summed E-state index contributed by atoms with van der Waals surface area (Å²) in [6.07, 6.45) is 1.75. The summed E-state index contributed by atoms with van der Waals surface area (Å²) < 4.78 is 65.7. The molecule has 0 saturated carbocycles. The SMILES string of the molecule is [2H]C1([2H])OC([2H])([2H])C([2H])([2H])N(c2ncc(B(O)O)cn2)C1([2H])[2H]. The normalized spacial score (nSPS) is 37.9. The van der Waals surface area contributed by atoms with Crippen molar-refractivity contribution in [2.45, 2.75) is 0 Å². The lowest BCUT2D eigenvalue weighted by molar-refractivity contribution is 0.122. The second-order valence-electron chi connectivity index (χ2n) is 2.56. The second kappa shape index (κ2) is 4.56. The third-order valence-electron chi connectivity index (χ3n) is 1.57. The Morgan fingerprint density at radius 1 is 1.33 bits per heavy atom. The lowest BCUT2D eigenvalue weighted by Gasteiger charge is -2.26. The van der Waals surface area contributed by atoms with Crippen LogP contribution in [0, 0.1) is 0 Å². The zero-order valence-corrected chi connectivity index (χ0v) is 7.38. The van der Waals surface area contributed by atoms with Crippen LogP contribution in [0.3, 0.4) is 0 Å². The van der Waals surface area contributed by atoms with E-state index in [1.54, 1.807) is 0 Å². The summed E-state index contributed by atoms with van der Waals surface area (Å²) in [6, 6.07) is 0. The molecule has 80 valence electrons. The van der Waals surface area contributed by atoms with Gasteiger partial charge in [0.05, 0.1) is 24.1 Å². The highest BCUT2D eigenvalue weighted by Gasteiger charge is 2.16. The monoisotopic (exact) mass is 217 g/mol. The highest BCUT2D eigenvalue weighted by molar-refractivity contribution is 6.58. The fourth-order valence-corrected chi connectivity index (χ4v) is 0.870. The molecule has 1 aromatic heterocycles. The van der Waals surface area contributed by atoms with Gasteiger partial charge in [-0.3, -0.25) is 0 Å². The van der Waals surface area contributed by atoms with Crippen LogP contribution in [-0.2, 0) is 4.74 Å². The molecule has 2 N–H and O–H groups in total. The van der Waals surface area contributed by atoms with Crippen LogP contribution >= 0.6 is 0 Å². The molecular formula is C8H12BN3O3. The lowest BCUT2D eigenvalue weighted by Crippen LogP contribution is -2.38. The summed E-state index contributed by atoms with van der Waals surface area (Å²) in [5.74, 6) is -0.680. The van der Waals surface area contributed by atoms with Crippen molar-refractivity contribution in [2.75, 3.05) is 31.0 Å². The van der Waals surface area contributed by atoms with Crippen LogP contribution in [0.2, 0.25) is 0 Å². The molecule has 0 aromatic carbocycles. The molecular weight excluding hydrogens is 197 g/mol. The summed E-state index contributed by atoms with van der Waals surface area (Å²) in [5.41, 5.74) is -0.158. The van der Waals surface area contributed by atoms with Crippen molar-refractivity contribution >= 4 is 18.5 Å². The minimum atomic E-state index is -3.21. The van der Waals surface area contributed by atoms with Gasteiger partial charge in [-0.25, -0.2) is 9.97 Å². The van der Waals surface area contributed by atoms with E-state index < -0.39 is 39.2 Å². The van der Waals surface area contributed by atoms with E-state index in [0.717, 1.165) is 12.4 Å². The van der Waals surface area contributed by atoms with E-state index in [4.69, 9.17) is 21.0 Å². The largest absolute Gasteiger partial charge is 0.491 e. The molecule has 1 saturated heterocycles. The third kappa shape index (κ3) is 2.44. The van der Waals surface area contributed by atoms with Gasteiger partial charge in [0.25, 0.3) is 0 Å². The van der Waals surface area contributed by atoms with Crippen LogP contribution in [0.5, 0.6) is 0 Å². The van der Waals surface area contributed by atoms with E-state index in [0.29, 0.717) is 0 Å². The second-order valence-corrected chi connectivity index (χ2v) is 2.56. The predicted octanol–water partition coefficient (Wildman–Crippen LogP) is -2.01. The van der Waals surface area contributed by atoms with E-state index in [9.17, 15) is 0 Å². The Morgan fingerprint density at radius 2 is 1.93 bits per heavy atom. The number of ether oxygens (including phenoxy) is 1. The Balaban J connectivity index is 2.59. The molecule has 6 nitrogen and oxygen atoms in total. The fraction of sp³-hybridized carbons (Fsp3) is 0.500. The van der Waals surface area contributed by atoms with Crippen LogP contribution in [0.4, 0.5) is 5.95 Å². The molecule has 2 rings (SSSR count). The number of hydrogen-bond donors (Lipinski definition) is 2. The van der Waals surface area contributed by atoms with Gasteiger partial charge in [0.2, 0.25) is 5.95 Å². The first kappa shape index (κ1) is 4.36. The molecule has 1 aliphatic rings. The van der Waals surface area contributed by atoms with E-state index in [2.05, 4.69) is 14.7 Å². The minimum absolute atomic E-state index is 0.0943. The van der Waals surface area contributed by atoms with Crippen LogP contribution in [0.15, 0.2) is 12.4 Å². The van der Waals surface area contributed by atoms with Gasteiger partial charge in [-0.15, -0.1) is 0 Å². The summed E-state index contributed by atoms with van der Waals surface area (Å²) >= 11 is 0. The zero-order chi connectivity index (χ0) is 17.8. The molecule has 7 heteroatoms. The van der Waals surface area contributed by atoms with Gasteiger partial charge in [0.15, 0.2) is 0 Å². The number of hydrogen-bond acceptors (Lipinski definition) is 6. The average molecular weight is 217 g/mol. The van der Waals surface area contributed by atoms with Crippen molar-refractivity contribution in [1.29, 1.82) is 0 Å². The number of aromatic nitrogens is 2. The van der Waals surface area contributed by atoms with Gasteiger partial charge in [-0.2, -0.15) is 0 Å². The Labute approximate surface area is 98.9 Å². The molecule has 2 heterocycles. The molecule has 15 heavy (non-hydrogen) atoms. The van der Waals surface area contributed by atoms with Crippen molar-refractivity contribution in [2.24, 2.45) is 0 Å². The standard InChI is InChI=1S/C8H12BN3O3/c13-9(14)7-5-10-8(11-6-7)12-1-3-15-4-2-12/h5-6,13-14H,1-4H2/i1D2,2D2,3D2,4D2. The summed E-state index contributed by atoms with van der Waals surface area (Å²) in [4.78, 5) is 7.24. The first-order valence-electron chi connectivity index (χ1n) is 7.93. The Morgan fingerprint density at radius 3 is 2.47 bits per heavy atom. The quantitative estimate of drug-likeness (QED) is 0.557. The van der Waals surface area contributed by atoms with Crippen molar-refractivity contribution in [3.63, 3.8) is 0 Å². The summed E-state index contributed by atoms with van der Waals surface area (Å²) in [6.45, 7) is -12.7. The van der Waals surface area contributed by atoms with E-state index in [-0.39, 0.29) is 10.4 Å². The molecule has 1 fully saturated rings. The smallest absolute Gasteiger partial charge is 0.423 e. The molecule has 1 aliphatic heterocycles. The van der Waals surface area contributed by atoms with Gasteiger partial charge in [0, 0.05) is 30.9 Å². The molecule has 0 amide bonds. The maximum Gasteiger partial charge on any atom is 0.491 e. The highest BCUT2D eigenvalue weighted by atomic mass is 16.5. The number of nitrogens with zero attached hydrogens (tertiary/aromatic N) is 3. The predicted molar refractivity (Wildman–Crippen MR) is 54.9 cm³/mol. The van der Waals surface area contributed by atoms with Crippen LogP contribution in [-0.4, -0.2) is 53.2 Å². The first-order chi connectivity index (χ1) is 10.2. The summed E-state index contributed by atoms with van der Waals surface area (Å²) in [5, 5.41) is 17.9. The number of rotatable bonds is 2. The van der Waals surface area contributed by atoms with E-state index >= 15 is 0 Å². The zero-order valence-electron chi connectivity index (χ0n) is 15.4. The van der Waals surface area contributed by atoms with E-state index in [1.165, 1.54) is 0 Å². The van der Waals surface area contributed by atoms with Crippen molar-refractivity contribution in [1.82, 2.24) is 9.97 Å². The van der Waals surface area contributed by atoms with Gasteiger partial charge >= 0.3 is 7.12 Å². The Kier molecular flexibility index (Phi) is 1.33. The molecule has 0 aliphatic carbocycles. The molecule has 1 aromatic rings. The molecule has 0 unspecified atom stereocenters. The molecule has 0 bridgehead atoms. The fourth-order valence-electron chi connectivity index (χ4n) is 0.870. The maximum atomic E-state index is 8.97. The number of anilines is 1. The molecule has 0 spiro atoms.